The Labute approximate surface area is 82.7 Å². The van der Waals surface area contributed by atoms with Crippen LogP contribution in [0.2, 0.25) is 0 Å². The summed E-state index contributed by atoms with van der Waals surface area (Å²) in [7, 11) is 0. The summed E-state index contributed by atoms with van der Waals surface area (Å²) in [5, 5.41) is 0. The molecule has 0 aliphatic rings. The van der Waals surface area contributed by atoms with Crippen molar-refractivity contribution in [3.8, 4) is 0 Å². The highest BCUT2D eigenvalue weighted by molar-refractivity contribution is 6.02. The fraction of sp³-hybridized carbons (Fsp3) is 0.800. The summed E-state index contributed by atoms with van der Waals surface area (Å²) in [6.45, 7) is 5.97. The van der Waals surface area contributed by atoms with Crippen LogP contribution in [0.3, 0.4) is 0 Å². The Morgan fingerprint density at radius 1 is 1.07 bits per heavy atom. The Hall–Kier alpha value is -0.800. The van der Waals surface area contributed by atoms with Crippen molar-refractivity contribution in [2.24, 2.45) is 5.41 Å². The molecule has 0 saturated heterocycles. The number of hydrogen-bond acceptors (Lipinski definition) is 2. The minimum absolute atomic E-state index is 0.148. The van der Waals surface area contributed by atoms with Gasteiger partial charge in [-0.25, -0.2) is 0 Å². The van der Waals surface area contributed by atoms with Crippen molar-refractivity contribution in [3.63, 3.8) is 0 Å². The number of Topliss-reactive ketones (excluding diaryl/α,β-unsaturated/α-hetero) is 2. The number of halogens is 2. The van der Waals surface area contributed by atoms with Gasteiger partial charge in [0.2, 0.25) is 5.78 Å². The predicted octanol–water partition coefficient (Wildman–Crippen LogP) is 2.61. The molecule has 0 unspecified atom stereocenters. The van der Waals surface area contributed by atoms with Crippen LogP contribution in [0, 0.1) is 5.41 Å². The minimum atomic E-state index is -3.40. The van der Waals surface area contributed by atoms with Crippen molar-refractivity contribution < 1.29 is 18.4 Å². The summed E-state index contributed by atoms with van der Waals surface area (Å²) in [5.74, 6) is -5.12. The highest BCUT2D eigenvalue weighted by Crippen LogP contribution is 2.22. The van der Waals surface area contributed by atoms with Crippen LogP contribution >= 0.6 is 0 Å². The van der Waals surface area contributed by atoms with Gasteiger partial charge in [0.05, 0.1) is 6.42 Å². The second-order valence-corrected chi connectivity index (χ2v) is 4.76. The Morgan fingerprint density at radius 2 is 1.50 bits per heavy atom. The lowest BCUT2D eigenvalue weighted by atomic mass is 9.88. The Morgan fingerprint density at radius 3 is 1.79 bits per heavy atom. The van der Waals surface area contributed by atoms with E-state index in [4.69, 9.17) is 0 Å². The molecule has 0 radical (unpaired) electrons. The van der Waals surface area contributed by atoms with Crippen molar-refractivity contribution in [2.75, 3.05) is 0 Å². The zero-order valence-electron chi connectivity index (χ0n) is 8.99. The molecule has 0 fully saturated rings. The maximum absolute atomic E-state index is 12.4. The van der Waals surface area contributed by atoms with E-state index in [9.17, 15) is 18.4 Å². The van der Waals surface area contributed by atoms with Gasteiger partial charge in [0.15, 0.2) is 0 Å². The first-order chi connectivity index (χ1) is 6.02. The number of ketones is 2. The zero-order valence-corrected chi connectivity index (χ0v) is 8.99. The van der Waals surface area contributed by atoms with E-state index < -0.39 is 23.9 Å². The van der Waals surface area contributed by atoms with E-state index in [-0.39, 0.29) is 11.8 Å². The Bertz CT molecular complexity index is 233. The van der Waals surface area contributed by atoms with Crippen molar-refractivity contribution >= 4 is 11.6 Å². The van der Waals surface area contributed by atoms with Crippen LogP contribution in [0.15, 0.2) is 0 Å². The van der Waals surface area contributed by atoms with Crippen molar-refractivity contribution in [1.82, 2.24) is 0 Å². The van der Waals surface area contributed by atoms with Gasteiger partial charge in [-0.3, -0.25) is 9.59 Å². The molecule has 0 spiro atoms. The third-order valence-electron chi connectivity index (χ3n) is 1.57. The smallest absolute Gasteiger partial charge is 0.299 e. The number of hydrogen-bond donors (Lipinski definition) is 0. The maximum Gasteiger partial charge on any atom is 0.302 e. The SMILES string of the molecule is CC(C)(C)CC(=O)CC(=O)C(C)(F)F. The Kier molecular flexibility index (Phi) is 3.91. The molecule has 0 aliphatic carbocycles. The molecule has 14 heavy (non-hydrogen) atoms. The van der Waals surface area contributed by atoms with Crippen LogP contribution in [0.5, 0.6) is 0 Å². The topological polar surface area (TPSA) is 34.1 Å². The first kappa shape index (κ1) is 13.2. The zero-order chi connectivity index (χ0) is 11.6. The molecule has 0 aromatic heterocycles. The summed E-state index contributed by atoms with van der Waals surface area (Å²) < 4.78 is 24.8. The normalized spacial score (nSPS) is 12.7. The monoisotopic (exact) mass is 206 g/mol. The molecule has 0 aromatic rings. The van der Waals surface area contributed by atoms with E-state index in [2.05, 4.69) is 0 Å². The first-order valence-corrected chi connectivity index (χ1v) is 4.45. The van der Waals surface area contributed by atoms with Crippen LogP contribution in [-0.2, 0) is 9.59 Å². The summed E-state index contributed by atoms with van der Waals surface area (Å²) in [6.07, 6.45) is -0.518. The number of carbonyl (C=O) groups is 2. The molecule has 0 aromatic carbocycles. The second-order valence-electron chi connectivity index (χ2n) is 4.76. The molecule has 0 bridgehead atoms. The molecule has 0 aliphatic heterocycles. The van der Waals surface area contributed by atoms with E-state index in [0.717, 1.165) is 0 Å². The summed E-state index contributed by atoms with van der Waals surface area (Å²) in [5.41, 5.74) is -0.264. The number of carbonyl (C=O) groups excluding carboxylic acids is 2. The minimum Gasteiger partial charge on any atom is -0.299 e. The molecule has 0 saturated carbocycles. The van der Waals surface area contributed by atoms with Crippen LogP contribution in [-0.4, -0.2) is 17.5 Å². The van der Waals surface area contributed by atoms with Crippen LogP contribution < -0.4 is 0 Å². The molecule has 0 heterocycles. The van der Waals surface area contributed by atoms with Gasteiger partial charge in [-0.15, -0.1) is 0 Å². The third kappa shape index (κ3) is 5.78. The predicted molar refractivity (Wildman–Crippen MR) is 49.3 cm³/mol. The lowest BCUT2D eigenvalue weighted by Gasteiger charge is -2.17. The molecule has 2 nitrogen and oxygen atoms in total. The van der Waals surface area contributed by atoms with Crippen molar-refractivity contribution in [2.45, 2.75) is 46.5 Å². The molecule has 0 atom stereocenters. The Balaban J connectivity index is 4.16. The van der Waals surface area contributed by atoms with Gasteiger partial charge in [0.25, 0.3) is 0 Å². The molecule has 82 valence electrons. The van der Waals surface area contributed by atoms with E-state index in [1.54, 1.807) is 0 Å². The second kappa shape index (κ2) is 4.15. The van der Waals surface area contributed by atoms with Gasteiger partial charge in [-0.05, 0) is 5.41 Å². The average molecular weight is 206 g/mol. The summed E-state index contributed by atoms with van der Waals surface area (Å²) >= 11 is 0. The lowest BCUT2D eigenvalue weighted by molar-refractivity contribution is -0.143. The van der Waals surface area contributed by atoms with Crippen LogP contribution in [0.4, 0.5) is 8.78 Å². The molecule has 4 heteroatoms. The van der Waals surface area contributed by atoms with Gasteiger partial charge in [0.1, 0.15) is 5.78 Å². The van der Waals surface area contributed by atoms with Crippen molar-refractivity contribution in [3.05, 3.63) is 0 Å². The van der Waals surface area contributed by atoms with Gasteiger partial charge >= 0.3 is 5.92 Å². The third-order valence-corrected chi connectivity index (χ3v) is 1.57. The van der Waals surface area contributed by atoms with E-state index in [1.165, 1.54) is 0 Å². The highest BCUT2D eigenvalue weighted by Gasteiger charge is 2.33. The largest absolute Gasteiger partial charge is 0.302 e. The van der Waals surface area contributed by atoms with E-state index >= 15 is 0 Å². The molecular weight excluding hydrogens is 190 g/mol. The lowest BCUT2D eigenvalue weighted by Crippen LogP contribution is -2.27. The standard InChI is InChI=1S/C10H16F2O2/c1-9(2,3)6-7(13)5-8(14)10(4,11)12/h5-6H2,1-4H3. The van der Waals surface area contributed by atoms with Gasteiger partial charge < -0.3 is 0 Å². The van der Waals surface area contributed by atoms with Gasteiger partial charge in [-0.2, -0.15) is 8.78 Å². The fourth-order valence-electron chi connectivity index (χ4n) is 0.988. The fourth-order valence-corrected chi connectivity index (χ4v) is 0.988. The van der Waals surface area contributed by atoms with E-state index in [0.29, 0.717) is 6.92 Å². The molecular formula is C10H16F2O2. The maximum atomic E-state index is 12.4. The number of alkyl halides is 2. The molecule has 0 rings (SSSR count). The van der Waals surface area contributed by atoms with Gasteiger partial charge in [0, 0.05) is 13.3 Å². The summed E-state index contributed by atoms with van der Waals surface area (Å²) in [4.78, 5) is 22.0. The first-order valence-electron chi connectivity index (χ1n) is 4.45. The quantitative estimate of drug-likeness (QED) is 0.662. The molecule has 0 amide bonds. The van der Waals surface area contributed by atoms with Gasteiger partial charge in [-0.1, -0.05) is 20.8 Å². The van der Waals surface area contributed by atoms with E-state index in [1.807, 2.05) is 20.8 Å². The number of rotatable bonds is 4. The molecule has 0 N–H and O–H groups in total. The average Bonchev–Trinajstić information content (AvgIpc) is 1.79. The highest BCUT2D eigenvalue weighted by atomic mass is 19.3. The van der Waals surface area contributed by atoms with Crippen LogP contribution in [0.25, 0.3) is 0 Å². The summed E-state index contributed by atoms with van der Waals surface area (Å²) in [6, 6.07) is 0. The van der Waals surface area contributed by atoms with Crippen LogP contribution in [0.1, 0.15) is 40.5 Å². The van der Waals surface area contributed by atoms with Crippen molar-refractivity contribution in [1.29, 1.82) is 0 Å².